The van der Waals surface area contributed by atoms with E-state index in [4.69, 9.17) is 20.4 Å². The Morgan fingerprint density at radius 2 is 1.94 bits per heavy atom. The van der Waals surface area contributed by atoms with Crippen molar-refractivity contribution in [2.45, 2.75) is 46.2 Å². The van der Waals surface area contributed by atoms with Crippen molar-refractivity contribution in [3.05, 3.63) is 53.1 Å². The smallest absolute Gasteiger partial charge is 0.182 e. The van der Waals surface area contributed by atoms with Crippen LogP contribution >= 0.6 is 11.3 Å². The number of nitrogen functional groups attached to an aromatic ring is 1. The molecule has 35 heavy (non-hydrogen) atoms. The van der Waals surface area contributed by atoms with Crippen molar-refractivity contribution >= 4 is 32.6 Å². The average molecular weight is 490 g/mol. The van der Waals surface area contributed by atoms with Gasteiger partial charge in [-0.25, -0.2) is 19.9 Å². The van der Waals surface area contributed by atoms with Gasteiger partial charge < -0.3 is 20.7 Å². The molecule has 182 valence electrons. The van der Waals surface area contributed by atoms with E-state index >= 15 is 0 Å². The Morgan fingerprint density at radius 1 is 1.11 bits per heavy atom. The summed E-state index contributed by atoms with van der Waals surface area (Å²) in [5.74, 6) is 3.02. The molecule has 1 aliphatic rings. The van der Waals surface area contributed by atoms with Gasteiger partial charge >= 0.3 is 0 Å². The van der Waals surface area contributed by atoms with Crippen LogP contribution in [0.2, 0.25) is 0 Å². The summed E-state index contributed by atoms with van der Waals surface area (Å²) in [7, 11) is 1.93. The van der Waals surface area contributed by atoms with Gasteiger partial charge in [-0.1, -0.05) is 31.3 Å². The number of pyridine rings is 1. The van der Waals surface area contributed by atoms with Gasteiger partial charge in [-0.2, -0.15) is 0 Å². The summed E-state index contributed by atoms with van der Waals surface area (Å²) in [6, 6.07) is 8.43. The van der Waals surface area contributed by atoms with Crippen LogP contribution in [0.4, 0.5) is 10.9 Å². The monoisotopic (exact) mass is 489 g/mol. The highest BCUT2D eigenvalue weighted by atomic mass is 32.1. The molecule has 0 aliphatic carbocycles. The highest BCUT2D eigenvalue weighted by Gasteiger charge is 2.24. The van der Waals surface area contributed by atoms with Gasteiger partial charge in [-0.15, -0.1) is 0 Å². The molecule has 5 rings (SSSR count). The topological polar surface area (TPSA) is 102 Å². The fourth-order valence-corrected chi connectivity index (χ4v) is 5.24. The lowest BCUT2D eigenvalue weighted by Gasteiger charge is -2.27. The number of hydrogen-bond donors (Lipinski definition) is 2. The molecule has 0 saturated carbocycles. The number of rotatable bonds is 5. The minimum absolute atomic E-state index is 0.0675. The second kappa shape index (κ2) is 9.39. The molecule has 1 aliphatic heterocycles. The summed E-state index contributed by atoms with van der Waals surface area (Å²) in [6.45, 7) is 10.6. The van der Waals surface area contributed by atoms with Crippen LogP contribution in [0.3, 0.4) is 0 Å². The third-order valence-electron chi connectivity index (χ3n) is 6.47. The fraction of sp³-hybridized carbons (Fsp3) is 0.385. The van der Waals surface area contributed by atoms with Gasteiger partial charge in [0.1, 0.15) is 34.3 Å². The molecule has 0 spiro atoms. The number of aromatic nitrogens is 4. The number of ether oxygens (including phenoxy) is 1. The third kappa shape index (κ3) is 4.53. The van der Waals surface area contributed by atoms with Crippen molar-refractivity contribution in [3.8, 4) is 16.9 Å². The molecule has 0 amide bonds. The Hall–Kier alpha value is -3.30. The van der Waals surface area contributed by atoms with Gasteiger partial charge in [0.15, 0.2) is 5.13 Å². The highest BCUT2D eigenvalue weighted by Crippen LogP contribution is 2.35. The van der Waals surface area contributed by atoms with Crippen LogP contribution in [0.15, 0.2) is 30.5 Å². The Morgan fingerprint density at radius 3 is 2.71 bits per heavy atom. The summed E-state index contributed by atoms with van der Waals surface area (Å²) in [5, 5.41) is 3.80. The number of nitrogens with one attached hydrogen (secondary N) is 1. The number of thiazole rings is 1. The van der Waals surface area contributed by atoms with E-state index in [1.807, 2.05) is 19.3 Å². The second-order valence-corrected chi connectivity index (χ2v) is 10.3. The number of nitrogens with two attached hydrogens (primary N) is 1. The van der Waals surface area contributed by atoms with E-state index in [2.05, 4.69) is 66.1 Å². The number of aryl methyl sites for hydroxylation is 1. The van der Waals surface area contributed by atoms with Gasteiger partial charge in [0.05, 0.1) is 12.6 Å². The van der Waals surface area contributed by atoms with Crippen molar-refractivity contribution in [2.75, 3.05) is 30.8 Å². The Labute approximate surface area is 209 Å². The van der Waals surface area contributed by atoms with Gasteiger partial charge in [-0.05, 0) is 50.6 Å². The lowest BCUT2D eigenvalue weighted by molar-refractivity contribution is 0.331. The van der Waals surface area contributed by atoms with Crippen LogP contribution in [0.25, 0.3) is 21.5 Å². The second-order valence-electron chi connectivity index (χ2n) is 9.26. The first-order valence-electron chi connectivity index (χ1n) is 11.9. The highest BCUT2D eigenvalue weighted by molar-refractivity contribution is 7.21. The van der Waals surface area contributed by atoms with E-state index in [1.165, 1.54) is 16.9 Å². The predicted molar refractivity (Wildman–Crippen MR) is 142 cm³/mol. The molecule has 0 bridgehead atoms. The van der Waals surface area contributed by atoms with Crippen molar-refractivity contribution in [3.63, 3.8) is 0 Å². The maximum absolute atomic E-state index is 6.15. The summed E-state index contributed by atoms with van der Waals surface area (Å²) in [6.07, 6.45) is 1.88. The minimum atomic E-state index is 0.0675. The van der Waals surface area contributed by atoms with Crippen LogP contribution in [-0.4, -0.2) is 40.1 Å². The molecule has 9 heteroatoms. The zero-order valence-corrected chi connectivity index (χ0v) is 21.6. The molecule has 4 heterocycles. The van der Waals surface area contributed by atoms with Crippen LogP contribution in [0.1, 0.15) is 55.4 Å². The molecular weight excluding hydrogens is 458 g/mol. The Balaban J connectivity index is 1.54. The van der Waals surface area contributed by atoms with E-state index < -0.39 is 0 Å². The van der Waals surface area contributed by atoms with E-state index in [0.717, 1.165) is 56.7 Å². The maximum atomic E-state index is 6.15. The van der Waals surface area contributed by atoms with Crippen molar-refractivity contribution in [1.82, 2.24) is 25.3 Å². The van der Waals surface area contributed by atoms with Gasteiger partial charge in [-0.3, -0.25) is 0 Å². The lowest BCUT2D eigenvalue weighted by atomic mass is 10.0. The Kier molecular flexibility index (Phi) is 6.29. The van der Waals surface area contributed by atoms with E-state index in [0.29, 0.717) is 24.2 Å². The summed E-state index contributed by atoms with van der Waals surface area (Å²) < 4.78 is 6.15. The van der Waals surface area contributed by atoms with Crippen molar-refractivity contribution < 1.29 is 4.74 Å². The molecule has 1 unspecified atom stereocenters. The molecule has 0 fully saturated rings. The molecule has 0 saturated heterocycles. The SMILES string of the molecule is CNC(C)c1nc(C)c(C(C)C)c(N2CCOc3ccc(-c4cnc5sc(N)nc5c4)cc3C2)n1. The first-order valence-corrected chi connectivity index (χ1v) is 12.7. The normalized spacial score (nSPS) is 14.6. The van der Waals surface area contributed by atoms with E-state index in [1.54, 1.807) is 0 Å². The molecule has 4 aromatic rings. The van der Waals surface area contributed by atoms with Gasteiger partial charge in [0.25, 0.3) is 0 Å². The average Bonchev–Trinajstić information content (AvgIpc) is 3.08. The quantitative estimate of drug-likeness (QED) is 0.411. The van der Waals surface area contributed by atoms with Crippen LogP contribution in [0, 0.1) is 6.92 Å². The number of anilines is 2. The first-order chi connectivity index (χ1) is 16.8. The zero-order chi connectivity index (χ0) is 24.7. The van der Waals surface area contributed by atoms with E-state index in [9.17, 15) is 0 Å². The zero-order valence-electron chi connectivity index (χ0n) is 20.8. The molecule has 3 aromatic heterocycles. The molecule has 8 nitrogen and oxygen atoms in total. The molecule has 3 N–H and O–H groups in total. The largest absolute Gasteiger partial charge is 0.491 e. The minimum Gasteiger partial charge on any atom is -0.491 e. The first kappa shape index (κ1) is 23.4. The van der Waals surface area contributed by atoms with Crippen LogP contribution in [0.5, 0.6) is 5.75 Å². The van der Waals surface area contributed by atoms with Crippen molar-refractivity contribution in [1.29, 1.82) is 0 Å². The number of nitrogens with zero attached hydrogens (tertiary/aromatic N) is 5. The van der Waals surface area contributed by atoms with Crippen LogP contribution in [-0.2, 0) is 6.54 Å². The molecular formula is C26H31N7OS. The molecule has 0 radical (unpaired) electrons. The van der Waals surface area contributed by atoms with Gasteiger partial charge in [0, 0.05) is 35.1 Å². The lowest BCUT2D eigenvalue weighted by Crippen LogP contribution is -2.29. The summed E-state index contributed by atoms with van der Waals surface area (Å²) >= 11 is 1.40. The third-order valence-corrected chi connectivity index (χ3v) is 7.28. The summed E-state index contributed by atoms with van der Waals surface area (Å²) in [5.41, 5.74) is 12.1. The van der Waals surface area contributed by atoms with Crippen LogP contribution < -0.4 is 20.7 Å². The molecule has 1 atom stereocenters. The fourth-order valence-electron chi connectivity index (χ4n) is 4.58. The standard InChI is InChI=1S/C26H31N7OS/c1-14(2)22-15(3)30-23(16(4)28-5)32-24(22)33-8-9-34-21-7-6-17(10-19(21)13-33)18-11-20-25(29-12-18)35-26(27)31-20/h6-7,10-12,14,16,28H,8-9,13H2,1-5H3,(H2,27,31). The maximum Gasteiger partial charge on any atom is 0.182 e. The number of hydrogen-bond acceptors (Lipinski definition) is 9. The number of benzene rings is 1. The molecule has 1 aromatic carbocycles. The Bertz CT molecular complexity index is 1380. The summed E-state index contributed by atoms with van der Waals surface area (Å²) in [4.78, 5) is 22.0. The number of fused-ring (bicyclic) bond motifs is 2. The van der Waals surface area contributed by atoms with E-state index in [-0.39, 0.29) is 6.04 Å². The van der Waals surface area contributed by atoms with Gasteiger partial charge in [0.2, 0.25) is 0 Å². The predicted octanol–water partition coefficient (Wildman–Crippen LogP) is 4.84. The van der Waals surface area contributed by atoms with Crippen molar-refractivity contribution in [2.24, 2.45) is 0 Å².